The van der Waals surface area contributed by atoms with Crippen LogP contribution in [0.3, 0.4) is 0 Å². The molecule has 0 radical (unpaired) electrons. The lowest BCUT2D eigenvalue weighted by molar-refractivity contribution is 0.473. The molecule has 0 bridgehead atoms. The van der Waals surface area contributed by atoms with E-state index in [1.54, 1.807) is 23.6 Å². The van der Waals surface area contributed by atoms with Crippen molar-refractivity contribution in [1.29, 1.82) is 0 Å². The van der Waals surface area contributed by atoms with Gasteiger partial charge >= 0.3 is 0 Å². The summed E-state index contributed by atoms with van der Waals surface area (Å²) in [6.07, 6.45) is 4.28. The Kier molecular flexibility index (Phi) is 3.54. The fourth-order valence-electron chi connectivity index (χ4n) is 3.49. The minimum atomic E-state index is -3.15. The van der Waals surface area contributed by atoms with Crippen molar-refractivity contribution >= 4 is 32.0 Å². The van der Waals surface area contributed by atoms with Crippen molar-refractivity contribution < 1.29 is 8.42 Å². The largest absolute Gasteiger partial charge is 0.347 e. The molecule has 1 fully saturated rings. The summed E-state index contributed by atoms with van der Waals surface area (Å²) in [6, 6.07) is 1.94. The van der Waals surface area contributed by atoms with Crippen molar-refractivity contribution in [3.05, 3.63) is 30.0 Å². The Hall–Kier alpha value is -2.06. The van der Waals surface area contributed by atoms with Crippen LogP contribution in [0.25, 0.3) is 21.9 Å². The van der Waals surface area contributed by atoms with Gasteiger partial charge in [-0.1, -0.05) is 0 Å². The molecule has 126 valence electrons. The maximum atomic E-state index is 12.2. The van der Waals surface area contributed by atoms with Gasteiger partial charge in [0.1, 0.15) is 5.82 Å². The number of aromatic amines is 1. The van der Waals surface area contributed by atoms with Gasteiger partial charge in [0.25, 0.3) is 0 Å². The first kappa shape index (κ1) is 15.5. The summed E-state index contributed by atoms with van der Waals surface area (Å²) in [5.74, 6) is 1.06. The zero-order valence-corrected chi connectivity index (χ0v) is 14.5. The first-order chi connectivity index (χ1) is 11.5. The molecular weight excluding hydrogens is 326 g/mol. The molecule has 7 nitrogen and oxygen atoms in total. The molecule has 0 saturated carbocycles. The van der Waals surface area contributed by atoms with Gasteiger partial charge in [0.05, 0.1) is 17.5 Å². The van der Waals surface area contributed by atoms with E-state index in [0.717, 1.165) is 34.2 Å². The summed E-state index contributed by atoms with van der Waals surface area (Å²) < 4.78 is 25.9. The van der Waals surface area contributed by atoms with E-state index < -0.39 is 10.0 Å². The number of H-pyrrole nitrogens is 1. The van der Waals surface area contributed by atoms with Gasteiger partial charge in [-0.3, -0.25) is 0 Å². The molecule has 0 aliphatic carbocycles. The molecule has 4 rings (SSSR count). The molecule has 8 heteroatoms. The van der Waals surface area contributed by atoms with Gasteiger partial charge in [-0.05, 0) is 26.3 Å². The second-order valence-electron chi connectivity index (χ2n) is 6.18. The van der Waals surface area contributed by atoms with Crippen molar-refractivity contribution in [2.75, 3.05) is 18.8 Å². The second kappa shape index (κ2) is 5.49. The Balaban J connectivity index is 1.86. The highest BCUT2D eigenvalue weighted by Gasteiger charge is 2.32. The Morgan fingerprint density at radius 1 is 1.38 bits per heavy atom. The fourth-order valence-corrected chi connectivity index (χ4v) is 4.64. The lowest BCUT2D eigenvalue weighted by atomic mass is 9.99. The molecule has 1 unspecified atom stereocenters. The zero-order chi connectivity index (χ0) is 16.9. The lowest BCUT2D eigenvalue weighted by Gasteiger charge is -2.17. The van der Waals surface area contributed by atoms with Crippen LogP contribution in [0.5, 0.6) is 0 Å². The van der Waals surface area contributed by atoms with E-state index in [4.69, 9.17) is 0 Å². The number of rotatable bonds is 3. The van der Waals surface area contributed by atoms with Crippen molar-refractivity contribution in [2.24, 2.45) is 0 Å². The molecule has 1 aliphatic heterocycles. The molecule has 1 saturated heterocycles. The third kappa shape index (κ3) is 2.37. The first-order valence-corrected chi connectivity index (χ1v) is 9.68. The molecule has 3 aromatic heterocycles. The Bertz CT molecular complexity index is 1030. The van der Waals surface area contributed by atoms with Crippen molar-refractivity contribution in [1.82, 2.24) is 24.2 Å². The van der Waals surface area contributed by atoms with Gasteiger partial charge in [0, 0.05) is 41.7 Å². The van der Waals surface area contributed by atoms with E-state index in [2.05, 4.69) is 19.9 Å². The maximum absolute atomic E-state index is 12.2. The number of aryl methyl sites for hydroxylation is 1. The molecule has 4 heterocycles. The normalized spacial score (nSPS) is 19.5. The Labute approximate surface area is 140 Å². The van der Waals surface area contributed by atoms with Crippen LogP contribution in [-0.2, 0) is 10.0 Å². The molecule has 0 spiro atoms. The molecule has 3 aromatic rings. The number of nitrogens with one attached hydrogen (secondary N) is 1. The molecule has 1 aliphatic rings. The van der Waals surface area contributed by atoms with Crippen molar-refractivity contribution in [2.45, 2.75) is 26.2 Å². The number of pyridine rings is 1. The van der Waals surface area contributed by atoms with Crippen LogP contribution in [0.15, 0.2) is 18.5 Å². The van der Waals surface area contributed by atoms with Crippen LogP contribution in [-0.4, -0.2) is 51.5 Å². The van der Waals surface area contributed by atoms with E-state index in [9.17, 15) is 8.42 Å². The number of hydrogen-bond acceptors (Lipinski definition) is 5. The van der Waals surface area contributed by atoms with Crippen LogP contribution in [0, 0.1) is 6.92 Å². The molecule has 24 heavy (non-hydrogen) atoms. The maximum Gasteiger partial charge on any atom is 0.213 e. The molecular formula is C16H19N5O2S. The van der Waals surface area contributed by atoms with E-state index in [-0.39, 0.29) is 11.7 Å². The summed E-state index contributed by atoms with van der Waals surface area (Å²) in [7, 11) is -3.15. The van der Waals surface area contributed by atoms with Crippen LogP contribution >= 0.6 is 0 Å². The van der Waals surface area contributed by atoms with Crippen LogP contribution in [0.4, 0.5) is 0 Å². The van der Waals surface area contributed by atoms with Crippen LogP contribution < -0.4 is 0 Å². The number of sulfonamides is 1. The van der Waals surface area contributed by atoms with E-state index in [1.807, 2.05) is 13.0 Å². The number of hydrogen-bond donors (Lipinski definition) is 1. The first-order valence-electron chi connectivity index (χ1n) is 8.07. The average molecular weight is 345 g/mol. The van der Waals surface area contributed by atoms with E-state index >= 15 is 0 Å². The summed E-state index contributed by atoms with van der Waals surface area (Å²) in [6.45, 7) is 4.66. The summed E-state index contributed by atoms with van der Waals surface area (Å²) in [5.41, 5.74) is 2.55. The monoisotopic (exact) mass is 345 g/mol. The van der Waals surface area contributed by atoms with E-state index in [0.29, 0.717) is 18.7 Å². The highest BCUT2D eigenvalue weighted by atomic mass is 32.2. The number of nitrogens with zero attached hydrogens (tertiary/aromatic N) is 4. The summed E-state index contributed by atoms with van der Waals surface area (Å²) in [4.78, 5) is 16.5. The highest BCUT2D eigenvalue weighted by molar-refractivity contribution is 7.89. The van der Waals surface area contributed by atoms with Gasteiger partial charge in [-0.25, -0.2) is 27.7 Å². The molecule has 1 atom stereocenters. The third-order valence-electron chi connectivity index (χ3n) is 4.70. The van der Waals surface area contributed by atoms with Gasteiger partial charge in [0.2, 0.25) is 10.0 Å². The van der Waals surface area contributed by atoms with Gasteiger partial charge in [-0.2, -0.15) is 0 Å². The fraction of sp³-hybridized carbons (Fsp3) is 0.438. The third-order valence-corrected chi connectivity index (χ3v) is 6.55. The topological polar surface area (TPSA) is 91.8 Å². The SMILES string of the molecule is CCS(=O)(=O)N1CCC(c2[nH]c(C)nc3cnc4nccc4c23)C1. The zero-order valence-electron chi connectivity index (χ0n) is 13.7. The Morgan fingerprint density at radius 3 is 3.00 bits per heavy atom. The number of aromatic nitrogens is 4. The van der Waals surface area contributed by atoms with Gasteiger partial charge < -0.3 is 4.98 Å². The van der Waals surface area contributed by atoms with Crippen LogP contribution in [0.1, 0.15) is 30.8 Å². The predicted octanol–water partition coefficient (Wildman–Crippen LogP) is 1.95. The van der Waals surface area contributed by atoms with Crippen LogP contribution in [0.2, 0.25) is 0 Å². The summed E-state index contributed by atoms with van der Waals surface area (Å²) in [5, 5.41) is 1.96. The number of fused-ring (bicyclic) bond motifs is 3. The second-order valence-corrected chi connectivity index (χ2v) is 8.44. The standard InChI is InChI=1S/C16H19N5O2S/c1-3-24(22,23)21-7-5-11(9-21)15-14-12-4-6-17-16(12)18-8-13(14)19-10(2)20-15/h4,6,8,11H,3,5,7,9H2,1-2H3,(H,19,20). The van der Waals surface area contributed by atoms with E-state index in [1.165, 1.54) is 0 Å². The summed E-state index contributed by atoms with van der Waals surface area (Å²) >= 11 is 0. The van der Waals surface area contributed by atoms with Crippen molar-refractivity contribution in [3.8, 4) is 0 Å². The predicted molar refractivity (Wildman–Crippen MR) is 92.3 cm³/mol. The van der Waals surface area contributed by atoms with Crippen molar-refractivity contribution in [3.63, 3.8) is 0 Å². The quantitative estimate of drug-likeness (QED) is 0.783. The molecule has 1 N–H and O–H groups in total. The van der Waals surface area contributed by atoms with Gasteiger partial charge in [0.15, 0.2) is 5.65 Å². The molecule has 0 aromatic carbocycles. The minimum Gasteiger partial charge on any atom is -0.347 e. The molecule has 0 amide bonds. The smallest absolute Gasteiger partial charge is 0.213 e. The lowest BCUT2D eigenvalue weighted by Crippen LogP contribution is -2.30. The van der Waals surface area contributed by atoms with Gasteiger partial charge in [-0.15, -0.1) is 0 Å². The highest BCUT2D eigenvalue weighted by Crippen LogP contribution is 2.34. The Morgan fingerprint density at radius 2 is 2.21 bits per heavy atom. The average Bonchev–Trinajstić information content (AvgIpc) is 3.23. The minimum absolute atomic E-state index is 0.121.